The minimum Gasteiger partial charge on any atom is -0.508 e. The number of aliphatic imine (C=N–C) groups is 1. The molecule has 1 aromatic carbocycles. The molecule has 0 spiro atoms. The quantitative estimate of drug-likeness (QED) is 0.453. The summed E-state index contributed by atoms with van der Waals surface area (Å²) >= 11 is 0. The summed E-state index contributed by atoms with van der Waals surface area (Å²) in [5, 5.41) is 17.2. The van der Waals surface area contributed by atoms with Gasteiger partial charge in [0.25, 0.3) is 0 Å². The number of aryl methyl sites for hydroxylation is 1. The van der Waals surface area contributed by atoms with E-state index in [1.54, 1.807) is 7.05 Å². The summed E-state index contributed by atoms with van der Waals surface area (Å²) < 4.78 is 0. The van der Waals surface area contributed by atoms with E-state index in [0.717, 1.165) is 50.3 Å². The van der Waals surface area contributed by atoms with Crippen LogP contribution in [0.4, 0.5) is 0 Å². The standard InChI is InChI=1S/C20H31N5O2/c1-22-20(24-15-8-10-25(11-9-15)13-19(21)27)23-12-17-16-5-3-2-4-14(16)6-7-18(17)26/h6-7,15,26H,2-5,8-13H2,1H3,(H2,21,27)(H2,22,23,24). The van der Waals surface area contributed by atoms with Crippen LogP contribution in [0.1, 0.15) is 42.4 Å². The van der Waals surface area contributed by atoms with Crippen LogP contribution in [0.25, 0.3) is 0 Å². The van der Waals surface area contributed by atoms with Crippen molar-refractivity contribution in [2.45, 2.75) is 51.1 Å². The molecular formula is C20H31N5O2. The van der Waals surface area contributed by atoms with E-state index in [0.29, 0.717) is 24.9 Å². The van der Waals surface area contributed by atoms with Gasteiger partial charge in [0, 0.05) is 38.3 Å². The molecule has 0 bridgehead atoms. The zero-order chi connectivity index (χ0) is 19.2. The van der Waals surface area contributed by atoms with Crippen molar-refractivity contribution in [1.82, 2.24) is 15.5 Å². The van der Waals surface area contributed by atoms with Gasteiger partial charge in [-0.15, -0.1) is 0 Å². The van der Waals surface area contributed by atoms with Crippen LogP contribution in [0.15, 0.2) is 17.1 Å². The Morgan fingerprint density at radius 2 is 2.04 bits per heavy atom. The van der Waals surface area contributed by atoms with Crippen molar-refractivity contribution in [2.75, 3.05) is 26.7 Å². The Hall–Kier alpha value is -2.28. The third-order valence-corrected chi connectivity index (χ3v) is 5.59. The van der Waals surface area contributed by atoms with Gasteiger partial charge in [0.05, 0.1) is 6.54 Å². The van der Waals surface area contributed by atoms with E-state index in [9.17, 15) is 9.90 Å². The zero-order valence-electron chi connectivity index (χ0n) is 16.1. The largest absolute Gasteiger partial charge is 0.508 e. The smallest absolute Gasteiger partial charge is 0.231 e. The summed E-state index contributed by atoms with van der Waals surface area (Å²) in [6, 6.07) is 4.19. The average Bonchev–Trinajstić information content (AvgIpc) is 2.67. The van der Waals surface area contributed by atoms with E-state index in [-0.39, 0.29) is 5.91 Å². The first-order valence-electron chi connectivity index (χ1n) is 9.87. The lowest BCUT2D eigenvalue weighted by Gasteiger charge is -2.32. The molecule has 1 saturated heterocycles. The molecule has 1 aliphatic carbocycles. The molecule has 1 heterocycles. The number of phenolic OH excluding ortho intramolecular Hbond substituents is 1. The maximum Gasteiger partial charge on any atom is 0.231 e. The zero-order valence-corrected chi connectivity index (χ0v) is 16.1. The van der Waals surface area contributed by atoms with Crippen molar-refractivity contribution in [2.24, 2.45) is 10.7 Å². The number of aromatic hydroxyl groups is 1. The fourth-order valence-corrected chi connectivity index (χ4v) is 4.11. The third kappa shape index (κ3) is 5.13. The summed E-state index contributed by atoms with van der Waals surface area (Å²) in [4.78, 5) is 17.5. The van der Waals surface area contributed by atoms with E-state index in [2.05, 4.69) is 26.6 Å². The summed E-state index contributed by atoms with van der Waals surface area (Å²) in [5.41, 5.74) is 8.92. The SMILES string of the molecule is CN=C(NCc1c(O)ccc2c1CCCC2)NC1CCN(CC(N)=O)CC1. The molecule has 0 atom stereocenters. The number of amides is 1. The predicted molar refractivity (Wildman–Crippen MR) is 107 cm³/mol. The Morgan fingerprint density at radius 1 is 1.30 bits per heavy atom. The summed E-state index contributed by atoms with van der Waals surface area (Å²) in [6.07, 6.45) is 6.42. The fourth-order valence-electron chi connectivity index (χ4n) is 4.11. The number of nitrogens with two attached hydrogens (primary N) is 1. The molecule has 1 fully saturated rings. The number of carbonyl (C=O) groups is 1. The van der Waals surface area contributed by atoms with Gasteiger partial charge in [0.15, 0.2) is 5.96 Å². The fraction of sp³-hybridized carbons (Fsp3) is 0.600. The van der Waals surface area contributed by atoms with Gasteiger partial charge in [-0.1, -0.05) is 6.07 Å². The Bertz CT molecular complexity index is 696. The van der Waals surface area contributed by atoms with Crippen molar-refractivity contribution < 1.29 is 9.90 Å². The van der Waals surface area contributed by atoms with Gasteiger partial charge in [0.1, 0.15) is 5.75 Å². The highest BCUT2D eigenvalue weighted by Crippen LogP contribution is 2.30. The number of hydrogen-bond donors (Lipinski definition) is 4. The van der Waals surface area contributed by atoms with Crippen LogP contribution >= 0.6 is 0 Å². The van der Waals surface area contributed by atoms with E-state index >= 15 is 0 Å². The number of phenols is 1. The Balaban J connectivity index is 1.54. The minimum atomic E-state index is -0.273. The molecule has 2 aliphatic rings. The number of primary amides is 1. The normalized spacial score (nSPS) is 18.8. The number of carbonyl (C=O) groups excluding carboxylic acids is 1. The molecule has 5 N–H and O–H groups in total. The topological polar surface area (TPSA) is 103 Å². The van der Waals surface area contributed by atoms with Gasteiger partial charge in [-0.05, 0) is 55.7 Å². The molecule has 0 unspecified atom stereocenters. The second kappa shape index (κ2) is 9.08. The molecule has 0 saturated carbocycles. The lowest BCUT2D eigenvalue weighted by molar-refractivity contribution is -0.119. The van der Waals surface area contributed by atoms with Crippen molar-refractivity contribution in [3.05, 3.63) is 28.8 Å². The van der Waals surface area contributed by atoms with Gasteiger partial charge in [0.2, 0.25) is 5.91 Å². The number of guanidine groups is 1. The molecule has 1 aliphatic heterocycles. The van der Waals surface area contributed by atoms with Crippen LogP contribution in [0.3, 0.4) is 0 Å². The van der Waals surface area contributed by atoms with Crippen LogP contribution in [0, 0.1) is 0 Å². The highest BCUT2D eigenvalue weighted by atomic mass is 16.3. The van der Waals surface area contributed by atoms with E-state index in [4.69, 9.17) is 5.73 Å². The highest BCUT2D eigenvalue weighted by Gasteiger charge is 2.21. The second-order valence-corrected chi connectivity index (χ2v) is 7.49. The van der Waals surface area contributed by atoms with E-state index in [1.807, 2.05) is 6.07 Å². The lowest BCUT2D eigenvalue weighted by atomic mass is 9.88. The van der Waals surface area contributed by atoms with Crippen molar-refractivity contribution in [1.29, 1.82) is 0 Å². The number of nitrogens with one attached hydrogen (secondary N) is 2. The Morgan fingerprint density at radius 3 is 2.74 bits per heavy atom. The molecule has 7 heteroatoms. The molecule has 27 heavy (non-hydrogen) atoms. The molecule has 7 nitrogen and oxygen atoms in total. The number of fused-ring (bicyclic) bond motifs is 1. The number of rotatable bonds is 5. The van der Waals surface area contributed by atoms with Crippen LogP contribution in [0.2, 0.25) is 0 Å². The van der Waals surface area contributed by atoms with E-state index in [1.165, 1.54) is 24.0 Å². The molecule has 1 aromatic rings. The van der Waals surface area contributed by atoms with Gasteiger partial charge >= 0.3 is 0 Å². The second-order valence-electron chi connectivity index (χ2n) is 7.49. The van der Waals surface area contributed by atoms with Crippen molar-refractivity contribution >= 4 is 11.9 Å². The first-order chi connectivity index (χ1) is 13.1. The molecule has 3 rings (SSSR count). The first-order valence-corrected chi connectivity index (χ1v) is 9.87. The van der Waals surface area contributed by atoms with Gasteiger partial charge in [-0.3, -0.25) is 14.7 Å². The van der Waals surface area contributed by atoms with Crippen LogP contribution < -0.4 is 16.4 Å². The summed E-state index contributed by atoms with van der Waals surface area (Å²) in [7, 11) is 1.76. The average molecular weight is 374 g/mol. The summed E-state index contributed by atoms with van der Waals surface area (Å²) in [5.74, 6) is 0.833. The number of hydrogen-bond acceptors (Lipinski definition) is 4. The first kappa shape index (κ1) is 19.5. The van der Waals surface area contributed by atoms with Crippen LogP contribution in [-0.4, -0.2) is 54.6 Å². The lowest BCUT2D eigenvalue weighted by Crippen LogP contribution is -2.49. The number of nitrogens with zero attached hydrogens (tertiary/aromatic N) is 2. The third-order valence-electron chi connectivity index (χ3n) is 5.59. The molecule has 0 aromatic heterocycles. The maximum absolute atomic E-state index is 11.0. The molecular weight excluding hydrogens is 342 g/mol. The molecule has 0 radical (unpaired) electrons. The Kier molecular flexibility index (Phi) is 6.55. The minimum absolute atomic E-state index is 0.273. The molecule has 1 amide bonds. The van der Waals surface area contributed by atoms with Crippen LogP contribution in [0.5, 0.6) is 5.75 Å². The molecule has 148 valence electrons. The number of likely N-dealkylation sites (tertiary alicyclic amines) is 1. The van der Waals surface area contributed by atoms with Crippen molar-refractivity contribution in [3.8, 4) is 5.75 Å². The Labute approximate surface area is 161 Å². The van der Waals surface area contributed by atoms with Crippen molar-refractivity contribution in [3.63, 3.8) is 0 Å². The highest BCUT2D eigenvalue weighted by molar-refractivity contribution is 5.80. The van der Waals surface area contributed by atoms with E-state index < -0.39 is 0 Å². The van der Waals surface area contributed by atoms with Gasteiger partial charge in [-0.25, -0.2) is 0 Å². The van der Waals surface area contributed by atoms with Gasteiger partial charge in [-0.2, -0.15) is 0 Å². The number of benzene rings is 1. The summed E-state index contributed by atoms with van der Waals surface area (Å²) in [6.45, 7) is 2.60. The van der Waals surface area contributed by atoms with Crippen LogP contribution in [-0.2, 0) is 24.2 Å². The number of piperidine rings is 1. The maximum atomic E-state index is 11.0. The predicted octanol–water partition coefficient (Wildman–Crippen LogP) is 0.886. The monoisotopic (exact) mass is 373 g/mol. The van der Waals surface area contributed by atoms with Gasteiger partial charge < -0.3 is 21.5 Å².